The molecule has 104 heavy (non-hydrogen) atoms. The normalized spacial score (nSPS) is 14.8. The fourth-order valence-electron chi connectivity index (χ4n) is 14.0. The highest BCUT2D eigenvalue weighted by atomic mass is 32.2. The van der Waals surface area contributed by atoms with Crippen molar-refractivity contribution in [1.82, 2.24) is 53.9 Å². The Hall–Kier alpha value is -12.4. The molecule has 13 aromatic rings. The fourth-order valence-corrected chi connectivity index (χ4v) is 15.3. The van der Waals surface area contributed by atoms with E-state index in [9.17, 15) is 27.6 Å². The standard InChI is InChI=1S/C28H30N6O.C27H20N4O3S.C26H23N5O3/c1-19(2)32-13-15-33(16-14-32)23-6-4-22(5-7-23)31-25-9-10-26(34-12-11-29-27(25)34)20-3-8-24-21(17-20)18-30-28(24)35;32-27-23-11-6-18(16-19(23)17-29-27)25-13-12-24(26-28-14-15-31(25)26)30-20-7-9-22(10-8-20)35(33,34)21-4-2-1-3-5-21;32-25-21-6-3-18(15-19(21)16-28-25)23-8-7-22(24-27-9-10-31(23)24)29-20-4-1-17(2-5-20)26(33)30-11-13-34-14-12-30/h3-12,17,19,31H,13-16,18H2,1-2H3,(H,30,35);1-16,30H,17H2,(H,29,32);1-10,15,29H,11-14,16H2,(H,28,32). The molecule has 11 heterocycles. The molecule has 0 atom stereocenters. The number of hydrogen-bond donors (Lipinski definition) is 6. The first-order valence-corrected chi connectivity index (χ1v) is 36.1. The van der Waals surface area contributed by atoms with Gasteiger partial charge in [0.25, 0.3) is 23.6 Å². The molecule has 7 aromatic carbocycles. The number of carbonyl (C=O) groups is 4. The average molecular weight is 1400 g/mol. The van der Waals surface area contributed by atoms with E-state index >= 15 is 0 Å². The van der Waals surface area contributed by atoms with Crippen molar-refractivity contribution in [2.45, 2.75) is 49.3 Å². The third-order valence-corrected chi connectivity index (χ3v) is 21.5. The lowest BCUT2D eigenvalue weighted by Crippen LogP contribution is -2.48. The van der Waals surface area contributed by atoms with E-state index in [0.29, 0.717) is 63.1 Å². The lowest BCUT2D eigenvalue weighted by Gasteiger charge is -2.38. The predicted molar refractivity (Wildman–Crippen MR) is 402 cm³/mol. The van der Waals surface area contributed by atoms with Crippen molar-refractivity contribution in [3.05, 3.63) is 270 Å². The van der Waals surface area contributed by atoms with Gasteiger partial charge in [-0.15, -0.1) is 0 Å². The molecule has 520 valence electrons. The number of benzene rings is 7. The molecular weight excluding hydrogens is 1330 g/mol. The van der Waals surface area contributed by atoms with Gasteiger partial charge in [0.05, 0.1) is 57.1 Å². The number of pyridine rings is 3. The molecule has 4 amide bonds. The number of aromatic nitrogens is 6. The number of morpholine rings is 1. The van der Waals surface area contributed by atoms with Crippen LogP contribution in [0.25, 0.3) is 50.7 Å². The summed E-state index contributed by atoms with van der Waals surface area (Å²) < 4.78 is 37.1. The number of piperazine rings is 1. The number of nitrogens with zero attached hydrogens (tertiary/aromatic N) is 9. The van der Waals surface area contributed by atoms with Crippen molar-refractivity contribution < 1.29 is 32.3 Å². The average Bonchev–Trinajstić information content (AvgIpc) is 1.63. The lowest BCUT2D eigenvalue weighted by atomic mass is 10.0. The lowest BCUT2D eigenvalue weighted by molar-refractivity contribution is 0.0303. The zero-order valence-electron chi connectivity index (χ0n) is 57.1. The van der Waals surface area contributed by atoms with Crippen LogP contribution in [-0.2, 0) is 34.2 Å². The summed E-state index contributed by atoms with van der Waals surface area (Å²) in [5.41, 5.74) is 20.9. The van der Waals surface area contributed by atoms with Crippen molar-refractivity contribution in [1.29, 1.82) is 0 Å². The van der Waals surface area contributed by atoms with Crippen molar-refractivity contribution in [2.75, 3.05) is 73.3 Å². The van der Waals surface area contributed by atoms with E-state index in [-0.39, 0.29) is 33.4 Å². The Labute approximate surface area is 599 Å². The predicted octanol–water partition coefficient (Wildman–Crippen LogP) is 12.8. The van der Waals surface area contributed by atoms with Crippen LogP contribution in [0.3, 0.4) is 0 Å². The largest absolute Gasteiger partial charge is 0.378 e. The van der Waals surface area contributed by atoms with E-state index in [1.165, 1.54) is 5.69 Å². The molecule has 22 nitrogen and oxygen atoms in total. The highest BCUT2D eigenvalue weighted by molar-refractivity contribution is 7.91. The smallest absolute Gasteiger partial charge is 0.254 e. The number of anilines is 7. The topological polar surface area (TPSA) is 245 Å². The summed E-state index contributed by atoms with van der Waals surface area (Å²) in [5, 5.41) is 18.9. The summed E-state index contributed by atoms with van der Waals surface area (Å²) in [6.07, 6.45) is 11.1. The summed E-state index contributed by atoms with van der Waals surface area (Å²) in [6.45, 7) is 13.0. The maximum absolute atomic E-state index is 12.8. The van der Waals surface area contributed by atoms with Crippen molar-refractivity contribution in [2.24, 2.45) is 0 Å². The van der Waals surface area contributed by atoms with Crippen molar-refractivity contribution >= 4 is 90.2 Å². The number of nitrogens with one attached hydrogen (secondary N) is 6. The van der Waals surface area contributed by atoms with Gasteiger partial charge >= 0.3 is 0 Å². The van der Waals surface area contributed by atoms with Crippen LogP contribution >= 0.6 is 0 Å². The Bertz CT molecular complexity index is 5570. The quantitative estimate of drug-likeness (QED) is 0.0593. The van der Waals surface area contributed by atoms with Crippen LogP contribution in [0.2, 0.25) is 0 Å². The summed E-state index contributed by atoms with van der Waals surface area (Å²) in [5.74, 6) is -0.0307. The van der Waals surface area contributed by atoms with Crippen LogP contribution < -0.4 is 36.8 Å². The third-order valence-electron chi connectivity index (χ3n) is 19.7. The van der Waals surface area contributed by atoms with E-state index in [4.69, 9.17) is 4.74 Å². The molecule has 0 unspecified atom stereocenters. The maximum atomic E-state index is 12.8. The van der Waals surface area contributed by atoms with Gasteiger partial charge in [-0.25, -0.2) is 23.4 Å². The monoisotopic (exact) mass is 1400 g/mol. The van der Waals surface area contributed by atoms with E-state index < -0.39 is 9.84 Å². The number of fused-ring (bicyclic) bond motifs is 6. The minimum absolute atomic E-state index is 0.00251. The highest BCUT2D eigenvalue weighted by Crippen LogP contribution is 2.35. The Kier molecular flexibility index (Phi) is 17.9. The molecule has 0 saturated carbocycles. The van der Waals surface area contributed by atoms with Gasteiger partial charge in [0.2, 0.25) is 9.84 Å². The number of hydrogen-bond acceptors (Lipinski definition) is 15. The van der Waals surface area contributed by atoms with E-state index in [0.717, 1.165) is 139 Å². The van der Waals surface area contributed by atoms with Crippen LogP contribution in [0.15, 0.2) is 241 Å². The third kappa shape index (κ3) is 13.2. The van der Waals surface area contributed by atoms with Crippen LogP contribution in [0.1, 0.15) is 72.0 Å². The van der Waals surface area contributed by atoms with Gasteiger partial charge in [0.15, 0.2) is 16.9 Å². The van der Waals surface area contributed by atoms with Gasteiger partial charge in [0, 0.05) is 147 Å². The Morgan fingerprint density at radius 2 is 0.846 bits per heavy atom. The van der Waals surface area contributed by atoms with E-state index in [2.05, 4.69) is 123 Å². The number of rotatable bonds is 14. The van der Waals surface area contributed by atoms with Gasteiger partial charge in [-0.1, -0.05) is 36.4 Å². The Morgan fingerprint density at radius 3 is 1.26 bits per heavy atom. The highest BCUT2D eigenvalue weighted by Gasteiger charge is 2.26. The molecule has 2 saturated heterocycles. The number of amides is 4. The second kappa shape index (κ2) is 28.2. The molecule has 0 spiro atoms. The van der Waals surface area contributed by atoms with Crippen LogP contribution in [0.4, 0.5) is 39.8 Å². The van der Waals surface area contributed by atoms with Gasteiger partial charge in [0.1, 0.15) is 0 Å². The van der Waals surface area contributed by atoms with Crippen LogP contribution in [0.5, 0.6) is 0 Å². The Balaban J connectivity index is 0.000000120. The second-order valence-electron chi connectivity index (χ2n) is 26.3. The fraction of sp³-hybridized carbons (Fsp3) is 0.173. The summed E-state index contributed by atoms with van der Waals surface area (Å²) in [6, 6.07) is 61.8. The number of sulfone groups is 1. The summed E-state index contributed by atoms with van der Waals surface area (Å²) >= 11 is 0. The molecule has 23 heteroatoms. The van der Waals surface area contributed by atoms with Gasteiger partial charge < -0.3 is 46.4 Å². The van der Waals surface area contributed by atoms with Gasteiger partial charge in [-0.3, -0.25) is 37.3 Å². The molecule has 6 N–H and O–H groups in total. The molecule has 5 aliphatic rings. The molecule has 0 bridgehead atoms. The van der Waals surface area contributed by atoms with E-state index in [1.807, 2.05) is 129 Å². The summed E-state index contributed by atoms with van der Waals surface area (Å²) in [7, 11) is -3.57. The zero-order valence-corrected chi connectivity index (χ0v) is 57.9. The van der Waals surface area contributed by atoms with Gasteiger partial charge in [-0.05, 0) is 205 Å². The Morgan fingerprint density at radius 1 is 0.452 bits per heavy atom. The molecule has 0 radical (unpaired) electrons. The zero-order chi connectivity index (χ0) is 71.0. The van der Waals surface area contributed by atoms with Crippen LogP contribution in [0, 0.1) is 0 Å². The van der Waals surface area contributed by atoms with Crippen molar-refractivity contribution in [3.8, 4) is 33.8 Å². The molecule has 18 rings (SSSR count). The SMILES string of the molecule is CC(C)N1CCN(c2ccc(Nc3ccc(-c4ccc5c(c4)CNC5=O)n4ccnc34)cc2)CC1.O=C1NCc2cc(-c3ccc(Nc4ccc(C(=O)N5CCOCC5)cc4)c4nccn34)ccc21.O=C1NCc2cc(-c3ccc(Nc4ccc(S(=O)(=O)c5ccccc5)cc4)c4nccn34)ccc21. The molecule has 2 fully saturated rings. The number of carbonyl (C=O) groups excluding carboxylic acids is 4. The molecular formula is C81H73N15O7S. The first-order chi connectivity index (χ1) is 50.7. The van der Waals surface area contributed by atoms with Crippen LogP contribution in [-0.4, -0.2) is 129 Å². The maximum Gasteiger partial charge on any atom is 0.254 e. The summed E-state index contributed by atoms with van der Waals surface area (Å²) in [4.78, 5) is 69.4. The molecule has 5 aliphatic heterocycles. The number of ether oxygens (including phenoxy) is 1. The van der Waals surface area contributed by atoms with E-state index in [1.54, 1.807) is 67.0 Å². The minimum Gasteiger partial charge on any atom is -0.378 e. The van der Waals surface area contributed by atoms with Crippen molar-refractivity contribution in [3.63, 3.8) is 0 Å². The molecule has 0 aliphatic carbocycles. The second-order valence-corrected chi connectivity index (χ2v) is 28.2. The minimum atomic E-state index is -3.57. The first-order valence-electron chi connectivity index (χ1n) is 34.6. The number of imidazole rings is 3. The molecule has 6 aromatic heterocycles. The first kappa shape index (κ1) is 66.1. The van der Waals surface area contributed by atoms with Gasteiger partial charge in [-0.2, -0.15) is 0 Å².